The second-order valence-corrected chi connectivity index (χ2v) is 16.4. The second kappa shape index (κ2) is 14.9. The average molecular weight is 759 g/mol. The summed E-state index contributed by atoms with van der Waals surface area (Å²) in [6.45, 7) is 9.62. The van der Waals surface area contributed by atoms with Gasteiger partial charge >= 0.3 is 0 Å². The molecule has 3 aromatic carbocycles. The van der Waals surface area contributed by atoms with Crippen LogP contribution >= 0.6 is 11.6 Å². The number of imide groups is 1. The fourth-order valence-corrected chi connectivity index (χ4v) is 9.94. The van der Waals surface area contributed by atoms with Gasteiger partial charge in [-0.25, -0.2) is 0 Å². The van der Waals surface area contributed by atoms with Crippen molar-refractivity contribution in [2.75, 3.05) is 73.6 Å². The van der Waals surface area contributed by atoms with E-state index >= 15 is 0 Å². The zero-order valence-corrected chi connectivity index (χ0v) is 31.9. The molecular formula is C43H47ClN8O3. The molecule has 6 heterocycles. The fourth-order valence-electron chi connectivity index (χ4n) is 9.68. The molecule has 284 valence electrons. The van der Waals surface area contributed by atoms with Gasteiger partial charge in [-0.1, -0.05) is 17.7 Å². The normalized spacial score (nSPS) is 22.7. The molecule has 55 heavy (non-hydrogen) atoms. The molecule has 1 aromatic heterocycles. The predicted octanol–water partition coefficient (Wildman–Crippen LogP) is 5.88. The smallest absolute Gasteiger partial charge is 0.255 e. The molecule has 0 bridgehead atoms. The van der Waals surface area contributed by atoms with E-state index in [-0.39, 0.29) is 24.1 Å². The lowest BCUT2D eigenvalue weighted by Crippen LogP contribution is -2.52. The van der Waals surface area contributed by atoms with Crippen LogP contribution in [-0.2, 0) is 16.1 Å². The monoisotopic (exact) mass is 758 g/mol. The maximum atomic E-state index is 13.1. The van der Waals surface area contributed by atoms with Crippen molar-refractivity contribution >= 4 is 57.3 Å². The number of aromatic nitrogens is 1. The molecule has 2 atom stereocenters. The van der Waals surface area contributed by atoms with Gasteiger partial charge in [-0.15, -0.1) is 0 Å². The van der Waals surface area contributed by atoms with Crippen molar-refractivity contribution in [2.24, 2.45) is 5.92 Å². The van der Waals surface area contributed by atoms with Crippen LogP contribution in [0.4, 0.5) is 17.1 Å². The van der Waals surface area contributed by atoms with E-state index in [1.807, 2.05) is 18.2 Å². The highest BCUT2D eigenvalue weighted by molar-refractivity contribution is 6.36. The Balaban J connectivity index is 0.745. The number of rotatable bonds is 7. The third-order valence-electron chi connectivity index (χ3n) is 12.8. The molecule has 0 spiro atoms. The number of anilines is 3. The van der Waals surface area contributed by atoms with E-state index in [1.54, 1.807) is 11.1 Å². The summed E-state index contributed by atoms with van der Waals surface area (Å²) in [6, 6.07) is 21.0. The van der Waals surface area contributed by atoms with Crippen LogP contribution < -0.4 is 20.0 Å². The number of piperidine rings is 3. The second-order valence-electron chi connectivity index (χ2n) is 16.0. The number of H-pyrrole nitrogens is 1. The minimum Gasteiger partial charge on any atom is -0.372 e. The van der Waals surface area contributed by atoms with E-state index in [9.17, 15) is 19.6 Å². The number of nitrogens with zero attached hydrogens (tertiary/aromatic N) is 6. The lowest BCUT2D eigenvalue weighted by Gasteiger charge is -2.40. The first-order chi connectivity index (χ1) is 26.8. The summed E-state index contributed by atoms with van der Waals surface area (Å²) in [7, 11) is 0. The largest absolute Gasteiger partial charge is 0.372 e. The summed E-state index contributed by atoms with van der Waals surface area (Å²) in [5.41, 5.74) is 8.15. The van der Waals surface area contributed by atoms with Gasteiger partial charge in [-0.05, 0) is 97.7 Å². The number of nitrogens with one attached hydrogen (secondary N) is 2. The van der Waals surface area contributed by atoms with E-state index in [2.05, 4.69) is 72.4 Å². The number of hydrogen-bond acceptors (Lipinski definition) is 8. The first kappa shape index (κ1) is 35.6. The van der Waals surface area contributed by atoms with Crippen molar-refractivity contribution in [1.29, 1.82) is 5.26 Å². The van der Waals surface area contributed by atoms with E-state index in [4.69, 9.17) is 11.6 Å². The van der Waals surface area contributed by atoms with Crippen LogP contribution in [0.3, 0.4) is 0 Å². The van der Waals surface area contributed by atoms with E-state index in [1.165, 1.54) is 29.8 Å². The van der Waals surface area contributed by atoms with Gasteiger partial charge in [0.05, 0.1) is 16.1 Å². The van der Waals surface area contributed by atoms with Gasteiger partial charge < -0.3 is 24.6 Å². The highest BCUT2D eigenvalue weighted by atomic mass is 35.5. The Morgan fingerprint density at radius 2 is 1.53 bits per heavy atom. The maximum absolute atomic E-state index is 13.1. The van der Waals surface area contributed by atoms with Crippen molar-refractivity contribution < 1.29 is 14.4 Å². The number of fused-ring (bicyclic) bond motifs is 2. The molecule has 9 rings (SSSR count). The molecule has 0 radical (unpaired) electrons. The van der Waals surface area contributed by atoms with Gasteiger partial charge in [0.25, 0.3) is 5.91 Å². The Bertz CT molecular complexity index is 2160. The molecule has 0 saturated carbocycles. The number of aromatic amines is 1. The number of nitriles is 1. The van der Waals surface area contributed by atoms with Crippen molar-refractivity contribution in [3.05, 3.63) is 88.1 Å². The quantitative estimate of drug-likeness (QED) is 0.225. The highest BCUT2D eigenvalue weighted by Gasteiger charge is 2.39. The Labute approximate surface area is 326 Å². The van der Waals surface area contributed by atoms with Gasteiger partial charge in [-0.2, -0.15) is 5.26 Å². The number of halogens is 1. The summed E-state index contributed by atoms with van der Waals surface area (Å²) < 4.78 is 0. The molecule has 5 aliphatic rings. The van der Waals surface area contributed by atoms with Gasteiger partial charge in [0, 0.05) is 112 Å². The molecule has 12 heteroatoms. The summed E-state index contributed by atoms with van der Waals surface area (Å²) in [5.74, 6) is 0.298. The van der Waals surface area contributed by atoms with Gasteiger partial charge in [-0.3, -0.25) is 24.6 Å². The number of carbonyl (C=O) groups is 3. The number of benzene rings is 3. The zero-order chi connectivity index (χ0) is 37.6. The van der Waals surface area contributed by atoms with Crippen LogP contribution in [0, 0.1) is 17.2 Å². The van der Waals surface area contributed by atoms with E-state index in [0.29, 0.717) is 41.0 Å². The van der Waals surface area contributed by atoms with Crippen molar-refractivity contribution in [3.63, 3.8) is 0 Å². The number of carbonyl (C=O) groups excluding carboxylic acids is 3. The van der Waals surface area contributed by atoms with Crippen LogP contribution in [0.5, 0.6) is 0 Å². The van der Waals surface area contributed by atoms with Crippen molar-refractivity contribution in [1.82, 2.24) is 20.1 Å². The molecule has 3 amide bonds. The van der Waals surface area contributed by atoms with Crippen LogP contribution in [0.2, 0.25) is 5.02 Å². The number of piperazine rings is 1. The molecular weight excluding hydrogens is 712 g/mol. The molecule has 4 fully saturated rings. The Hall–Kier alpha value is -5.05. The lowest BCUT2D eigenvalue weighted by atomic mass is 9.89. The molecule has 4 aromatic rings. The van der Waals surface area contributed by atoms with Crippen LogP contribution in [-0.4, -0.2) is 97.4 Å². The zero-order valence-electron chi connectivity index (χ0n) is 31.1. The van der Waals surface area contributed by atoms with Crippen LogP contribution in [0.1, 0.15) is 71.5 Å². The van der Waals surface area contributed by atoms with Gasteiger partial charge in [0.1, 0.15) is 12.1 Å². The van der Waals surface area contributed by atoms with Crippen LogP contribution in [0.25, 0.3) is 10.9 Å². The minimum atomic E-state index is -0.587. The maximum Gasteiger partial charge on any atom is 0.255 e. The third kappa shape index (κ3) is 6.91. The molecule has 11 nitrogen and oxygen atoms in total. The van der Waals surface area contributed by atoms with Crippen molar-refractivity contribution in [3.8, 4) is 6.07 Å². The number of amides is 3. The molecule has 4 saturated heterocycles. The van der Waals surface area contributed by atoms with Gasteiger partial charge in [0.2, 0.25) is 11.8 Å². The fraction of sp³-hybridized carbons (Fsp3) is 0.442. The highest BCUT2D eigenvalue weighted by Crippen LogP contribution is 2.38. The van der Waals surface area contributed by atoms with E-state index in [0.717, 1.165) is 93.9 Å². The average Bonchev–Trinajstić information content (AvgIpc) is 3.80. The summed E-state index contributed by atoms with van der Waals surface area (Å²) in [4.78, 5) is 52.2. The Morgan fingerprint density at radius 3 is 2.27 bits per heavy atom. The minimum absolute atomic E-state index is 0.123. The molecule has 1 unspecified atom stereocenters. The molecule has 5 aliphatic heterocycles. The first-order valence-corrected chi connectivity index (χ1v) is 20.2. The summed E-state index contributed by atoms with van der Waals surface area (Å²) >= 11 is 6.50. The summed E-state index contributed by atoms with van der Waals surface area (Å²) in [6.07, 6.45) is 7.04. The number of hydrogen-bond donors (Lipinski definition) is 2. The van der Waals surface area contributed by atoms with Crippen LogP contribution in [0.15, 0.2) is 60.8 Å². The standard InChI is InChI=1S/C43H47ClN8O3/c44-37-10-9-35(41-40(37)31(23-45)24-46-41)29-2-1-15-51(26-29)33-5-3-32(4-6-33)49-16-13-28(14-17-49)25-48-18-20-50(21-19-48)34-7-8-36-30(22-34)27-52(43(36)55)38-11-12-39(53)47-42(38)54/h3-10,22,24,28-29,38,46H,1-2,11-21,25-27H2,(H,47,53,54)/t29-,38?/m0/s1. The third-order valence-corrected chi connectivity index (χ3v) is 13.1. The topological polar surface area (TPSA) is 119 Å². The van der Waals surface area contributed by atoms with Crippen molar-refractivity contribution in [2.45, 2.75) is 57.0 Å². The summed E-state index contributed by atoms with van der Waals surface area (Å²) in [5, 5.41) is 13.4. The van der Waals surface area contributed by atoms with Gasteiger partial charge in [0.15, 0.2) is 0 Å². The Kier molecular flexibility index (Phi) is 9.65. The molecule has 2 N–H and O–H groups in total. The van der Waals surface area contributed by atoms with E-state index < -0.39 is 6.04 Å². The first-order valence-electron chi connectivity index (χ1n) is 19.9. The Morgan fingerprint density at radius 1 is 0.800 bits per heavy atom. The SMILES string of the molecule is N#Cc1c[nH]c2c([C@H]3CCCN(c4ccc(N5CCC(CN6CCN(c7ccc8c(c7)CN(C7CCC(=O)NC7=O)C8=O)CC6)CC5)cc4)C3)ccc(Cl)c12. The molecule has 0 aliphatic carbocycles. The lowest BCUT2D eigenvalue weighted by molar-refractivity contribution is -0.136. The predicted molar refractivity (Wildman–Crippen MR) is 215 cm³/mol.